The van der Waals surface area contributed by atoms with E-state index in [4.69, 9.17) is 5.11 Å². The smallest absolute Gasteiger partial charge is 1.00 e. The molecule has 6 heteroatoms. The van der Waals surface area contributed by atoms with Crippen molar-refractivity contribution in [3.8, 4) is 0 Å². The molecular weight excluding hydrogens is 226 g/mol. The van der Waals surface area contributed by atoms with Gasteiger partial charge in [0.05, 0.1) is 0 Å². The number of halogens is 3. The zero-order valence-corrected chi connectivity index (χ0v) is 7.72. The monoisotopic (exact) mass is 229 g/mol. The minimum absolute atomic E-state index is 0. The molecule has 0 heterocycles. The van der Waals surface area contributed by atoms with Gasteiger partial charge in [-0.2, -0.15) is 0 Å². The van der Waals surface area contributed by atoms with Gasteiger partial charge in [0.25, 0.3) is 0 Å². The molecule has 9 heavy (non-hydrogen) atoms. The molecule has 0 atom stereocenters. The Morgan fingerprint density at radius 3 is 1.44 bits per heavy atom. The van der Waals surface area contributed by atoms with Crippen molar-refractivity contribution in [2.24, 2.45) is 0 Å². The summed E-state index contributed by atoms with van der Waals surface area (Å²) in [5.41, 5.74) is 0. The zero-order valence-electron chi connectivity index (χ0n) is 4.18. The first-order chi connectivity index (χ1) is 2.27. The van der Waals surface area contributed by atoms with Crippen LogP contribution in [0.25, 0.3) is 0 Å². The molecule has 55 valence electrons. The van der Waals surface area contributed by atoms with Crippen molar-refractivity contribution in [2.45, 2.75) is 0 Å². The Bertz CT molecular complexity index is 68.1. The Balaban J connectivity index is -0.0000000133. The van der Waals surface area contributed by atoms with E-state index in [1.54, 1.807) is 0 Å². The third-order valence-electron chi connectivity index (χ3n) is 0.175. The molecule has 0 aliphatic heterocycles. The second-order valence-electron chi connectivity index (χ2n) is 0.542. The normalized spacial score (nSPS) is 3.56. The quantitative estimate of drug-likeness (QED) is 0.454. The minimum Gasteiger partial charge on any atom is -1.00 e. The van der Waals surface area contributed by atoms with Crippen molar-refractivity contribution < 1.29 is 64.5 Å². The zero-order chi connectivity index (χ0) is 4.28. The molecule has 1 N–H and O–H groups in total. The molecule has 0 aliphatic rings. The molecule has 0 saturated carbocycles. The van der Waals surface area contributed by atoms with E-state index in [2.05, 4.69) is 6.58 Å². The van der Waals surface area contributed by atoms with Crippen molar-refractivity contribution >= 4 is 5.97 Å². The van der Waals surface area contributed by atoms with Crippen LogP contribution >= 0.6 is 0 Å². The van der Waals surface area contributed by atoms with Gasteiger partial charge in [-0.05, 0) is 0 Å². The summed E-state index contributed by atoms with van der Waals surface area (Å²) in [6, 6.07) is 0. The SMILES string of the molecule is C=CC(=O)O.[Cl-].[Cl-].[Cl-].[Cr+3]. The molecule has 0 aromatic rings. The van der Waals surface area contributed by atoms with Gasteiger partial charge in [0.2, 0.25) is 0 Å². The van der Waals surface area contributed by atoms with Crippen LogP contribution in [0.15, 0.2) is 12.7 Å². The molecule has 0 aliphatic carbocycles. The minimum atomic E-state index is -0.981. The summed E-state index contributed by atoms with van der Waals surface area (Å²) in [6.07, 6.45) is 0.833. The van der Waals surface area contributed by atoms with Crippen LogP contribution in [0.5, 0.6) is 0 Å². The summed E-state index contributed by atoms with van der Waals surface area (Å²) in [6.45, 7) is 2.96. The van der Waals surface area contributed by atoms with Gasteiger partial charge in [0, 0.05) is 6.08 Å². The number of hydrogen-bond acceptors (Lipinski definition) is 1. The van der Waals surface area contributed by atoms with Crippen LogP contribution in [0.3, 0.4) is 0 Å². The van der Waals surface area contributed by atoms with E-state index in [0.717, 1.165) is 6.08 Å². The van der Waals surface area contributed by atoms with Crippen molar-refractivity contribution in [1.82, 2.24) is 0 Å². The Hall–Kier alpha value is 0.612. The van der Waals surface area contributed by atoms with Crippen molar-refractivity contribution in [1.29, 1.82) is 0 Å². The molecule has 0 aromatic carbocycles. The van der Waals surface area contributed by atoms with E-state index in [0.29, 0.717) is 0 Å². The van der Waals surface area contributed by atoms with E-state index < -0.39 is 5.97 Å². The third kappa shape index (κ3) is 55.2. The molecule has 0 fully saturated rings. The maximum Gasteiger partial charge on any atom is 3.00 e. The first-order valence-electron chi connectivity index (χ1n) is 1.12. The molecule has 0 amide bonds. The fourth-order valence-electron chi connectivity index (χ4n) is 0. The van der Waals surface area contributed by atoms with Crippen molar-refractivity contribution in [2.75, 3.05) is 0 Å². The number of carboxylic acid groups (broad SMARTS) is 1. The number of rotatable bonds is 1. The standard InChI is InChI=1S/C3H4O2.3ClH.Cr/c1-2-3(4)5;;;;/h2H,1H2,(H,4,5);3*1H;/q;;;;+3/p-3. The largest absolute Gasteiger partial charge is 3.00 e. The third-order valence-corrected chi connectivity index (χ3v) is 0.175. The Labute approximate surface area is 83.1 Å². The average Bonchev–Trinajstić information content (AvgIpc) is 1.38. The number of hydrogen-bond donors (Lipinski definition) is 1. The van der Waals surface area contributed by atoms with E-state index in [-0.39, 0.29) is 54.6 Å². The van der Waals surface area contributed by atoms with Gasteiger partial charge in [-0.3, -0.25) is 0 Å². The maximum absolute atomic E-state index is 9.25. The van der Waals surface area contributed by atoms with Gasteiger partial charge in [-0.15, -0.1) is 0 Å². The van der Waals surface area contributed by atoms with Crippen LogP contribution in [0.1, 0.15) is 0 Å². The van der Waals surface area contributed by atoms with Crippen molar-refractivity contribution in [3.63, 3.8) is 0 Å². The Morgan fingerprint density at radius 1 is 1.33 bits per heavy atom. The van der Waals surface area contributed by atoms with Crippen LogP contribution < -0.4 is 37.2 Å². The van der Waals surface area contributed by atoms with Crippen LogP contribution in [-0.4, -0.2) is 11.1 Å². The summed E-state index contributed by atoms with van der Waals surface area (Å²) in [4.78, 5) is 9.25. The van der Waals surface area contributed by atoms with Gasteiger partial charge in [-0.25, -0.2) is 4.79 Å². The van der Waals surface area contributed by atoms with E-state index in [1.807, 2.05) is 0 Å². The molecule has 0 aromatic heterocycles. The fraction of sp³-hybridized carbons (Fsp3) is 0. The fourth-order valence-corrected chi connectivity index (χ4v) is 0. The van der Waals surface area contributed by atoms with Crippen LogP contribution in [0.4, 0.5) is 0 Å². The molecule has 0 rings (SSSR count). The average molecular weight is 230 g/mol. The predicted octanol–water partition coefficient (Wildman–Crippen LogP) is -8.73. The van der Waals surface area contributed by atoms with E-state index in [9.17, 15) is 4.79 Å². The van der Waals surface area contributed by atoms with Crippen molar-refractivity contribution in [3.05, 3.63) is 12.7 Å². The summed E-state index contributed by atoms with van der Waals surface area (Å²) in [5.74, 6) is -0.981. The summed E-state index contributed by atoms with van der Waals surface area (Å²) in [7, 11) is 0. The molecule has 1 radical (unpaired) electrons. The van der Waals surface area contributed by atoms with E-state index >= 15 is 0 Å². The summed E-state index contributed by atoms with van der Waals surface area (Å²) < 4.78 is 0. The van der Waals surface area contributed by atoms with Crippen LogP contribution in [0.2, 0.25) is 0 Å². The molecular formula is C3H4Cl3CrO2. The number of carbonyl (C=O) groups is 1. The summed E-state index contributed by atoms with van der Waals surface area (Å²) in [5, 5.41) is 7.60. The molecule has 0 unspecified atom stereocenters. The molecule has 0 saturated heterocycles. The van der Waals surface area contributed by atoms with Gasteiger partial charge < -0.3 is 42.3 Å². The topological polar surface area (TPSA) is 37.3 Å². The van der Waals surface area contributed by atoms with Gasteiger partial charge >= 0.3 is 23.3 Å². The Kier molecular flexibility index (Phi) is 87.4. The second-order valence-corrected chi connectivity index (χ2v) is 0.542. The second kappa shape index (κ2) is 23.5. The van der Waals surface area contributed by atoms with E-state index in [1.165, 1.54) is 0 Å². The van der Waals surface area contributed by atoms with Gasteiger partial charge in [0.1, 0.15) is 0 Å². The van der Waals surface area contributed by atoms with Crippen LogP contribution in [-0.2, 0) is 22.2 Å². The number of aliphatic carboxylic acids is 1. The first kappa shape index (κ1) is 33.5. The summed E-state index contributed by atoms with van der Waals surface area (Å²) >= 11 is 0. The molecule has 2 nitrogen and oxygen atoms in total. The maximum atomic E-state index is 9.25. The predicted molar refractivity (Wildman–Crippen MR) is 17.8 cm³/mol. The van der Waals surface area contributed by atoms with Gasteiger partial charge in [-0.1, -0.05) is 6.58 Å². The first-order valence-corrected chi connectivity index (χ1v) is 1.12. The molecule has 0 bridgehead atoms. The van der Waals surface area contributed by atoms with Crippen LogP contribution in [0, 0.1) is 0 Å². The molecule has 0 spiro atoms. The van der Waals surface area contributed by atoms with Gasteiger partial charge in [0.15, 0.2) is 0 Å². The number of carboxylic acids is 1. The Morgan fingerprint density at radius 2 is 1.44 bits per heavy atom.